The first-order chi connectivity index (χ1) is 21.5. The molecule has 1 aromatic carbocycles. The van der Waals surface area contributed by atoms with Gasteiger partial charge in [-0.15, -0.1) is 0 Å². The molecule has 0 N–H and O–H groups in total. The zero-order chi connectivity index (χ0) is 31.9. The molecule has 8 nitrogen and oxygen atoms in total. The number of ether oxygens (including phenoxy) is 1. The van der Waals surface area contributed by atoms with E-state index in [4.69, 9.17) is 16.3 Å². The second-order valence-corrected chi connectivity index (χ2v) is 12.7. The Labute approximate surface area is 264 Å². The van der Waals surface area contributed by atoms with E-state index in [2.05, 4.69) is 14.9 Å². The number of hydrogen-bond donors (Lipinski definition) is 0. The van der Waals surface area contributed by atoms with Gasteiger partial charge in [0.25, 0.3) is 0 Å². The van der Waals surface area contributed by atoms with Gasteiger partial charge in [-0.25, -0.2) is 9.18 Å². The van der Waals surface area contributed by atoms with Crippen LogP contribution >= 0.6 is 11.6 Å². The summed E-state index contributed by atoms with van der Waals surface area (Å²) in [6, 6.07) is 9.13. The summed E-state index contributed by atoms with van der Waals surface area (Å²) in [4.78, 5) is 30.0. The largest absolute Gasteiger partial charge is 0.462 e. The number of halogens is 5. The number of piperidine rings is 1. The molecule has 3 fully saturated rings. The Morgan fingerprint density at radius 2 is 1.82 bits per heavy atom. The van der Waals surface area contributed by atoms with E-state index < -0.39 is 46.5 Å². The standard InChI is InChI=1S/C32H36ClF4N5O3/c1-2-45-30(44)25-19-38-42(28(25)32(35,36)37)22-9-6-12-40(20-22)27-18-31(33,11-10-23(27)21-7-4-3-5-8-21)41-15-13-39(14-16-41)29(43)24-17-26(24)34/h3-5,7-8,10-11,19,22,24,26H,2,6,9,12-18,20H2,1H3. The molecule has 0 radical (unpaired) electrons. The summed E-state index contributed by atoms with van der Waals surface area (Å²) >= 11 is 7.35. The molecule has 1 saturated carbocycles. The van der Waals surface area contributed by atoms with Crippen LogP contribution < -0.4 is 0 Å². The molecule has 2 saturated heterocycles. The number of allylic oxidation sites excluding steroid dienone is 2. The van der Waals surface area contributed by atoms with Crippen LogP contribution in [0.1, 0.15) is 60.3 Å². The molecule has 4 unspecified atom stereocenters. The van der Waals surface area contributed by atoms with Gasteiger partial charge in [0.15, 0.2) is 5.69 Å². The number of likely N-dealkylation sites (tertiary alicyclic amines) is 1. The molecule has 2 aliphatic heterocycles. The van der Waals surface area contributed by atoms with E-state index in [1.807, 2.05) is 42.5 Å². The third-order valence-electron chi connectivity index (χ3n) is 9.15. The first kappa shape index (κ1) is 31.6. The fourth-order valence-corrected chi connectivity index (χ4v) is 7.07. The zero-order valence-corrected chi connectivity index (χ0v) is 25.7. The Kier molecular flexibility index (Phi) is 8.73. The number of benzene rings is 1. The van der Waals surface area contributed by atoms with Crippen molar-refractivity contribution in [3.8, 4) is 0 Å². The lowest BCUT2D eigenvalue weighted by atomic mass is 9.90. The molecule has 13 heteroatoms. The van der Waals surface area contributed by atoms with Crippen molar-refractivity contribution < 1.29 is 31.9 Å². The molecule has 2 aromatic rings. The van der Waals surface area contributed by atoms with Crippen molar-refractivity contribution in [3.05, 3.63) is 71.2 Å². The van der Waals surface area contributed by atoms with Crippen molar-refractivity contribution in [3.63, 3.8) is 0 Å². The summed E-state index contributed by atoms with van der Waals surface area (Å²) < 4.78 is 62.3. The predicted octanol–water partition coefficient (Wildman–Crippen LogP) is 5.52. The Balaban J connectivity index is 1.27. The second kappa shape index (κ2) is 12.4. The van der Waals surface area contributed by atoms with Crippen molar-refractivity contribution in [1.29, 1.82) is 0 Å². The third-order valence-corrected chi connectivity index (χ3v) is 9.65. The minimum atomic E-state index is -4.80. The van der Waals surface area contributed by atoms with Crippen molar-refractivity contribution >= 4 is 29.1 Å². The number of carbonyl (C=O) groups excluding carboxylic acids is 2. The molecule has 1 amide bonds. The molecule has 242 valence electrons. The average Bonchev–Trinajstić information content (AvgIpc) is 3.58. The zero-order valence-electron chi connectivity index (χ0n) is 25.0. The minimum absolute atomic E-state index is 0.0490. The summed E-state index contributed by atoms with van der Waals surface area (Å²) in [7, 11) is 0. The SMILES string of the molecule is CCOC(=O)c1cnn(C2CCCN(C3=C(c4ccccc4)C=CC(Cl)(N4CCN(C(=O)C5CC5F)CC4)C3)C2)c1C(F)(F)F. The summed E-state index contributed by atoms with van der Waals surface area (Å²) in [5.74, 6) is -1.71. The van der Waals surface area contributed by atoms with E-state index in [-0.39, 0.29) is 19.1 Å². The smallest absolute Gasteiger partial charge is 0.433 e. The van der Waals surface area contributed by atoms with Crippen LogP contribution in [0.15, 0.2) is 54.4 Å². The Morgan fingerprint density at radius 1 is 1.11 bits per heavy atom. The van der Waals surface area contributed by atoms with E-state index in [9.17, 15) is 27.2 Å². The second-order valence-electron chi connectivity index (χ2n) is 12.0. The van der Waals surface area contributed by atoms with Crippen molar-refractivity contribution in [2.45, 2.75) is 56.0 Å². The van der Waals surface area contributed by atoms with E-state index in [1.54, 1.807) is 4.90 Å². The minimum Gasteiger partial charge on any atom is -0.462 e. The van der Waals surface area contributed by atoms with Crippen LogP contribution in [0.4, 0.5) is 17.6 Å². The molecule has 0 bridgehead atoms. The van der Waals surface area contributed by atoms with Gasteiger partial charge in [-0.05, 0) is 37.8 Å². The summed E-state index contributed by atoms with van der Waals surface area (Å²) in [5.41, 5.74) is 1.12. The number of piperazine rings is 1. The summed E-state index contributed by atoms with van der Waals surface area (Å²) in [6.45, 7) is 4.27. The molecule has 4 atom stereocenters. The van der Waals surface area contributed by atoms with Crippen LogP contribution in [0, 0.1) is 5.92 Å². The van der Waals surface area contributed by atoms with Gasteiger partial charge in [-0.2, -0.15) is 18.3 Å². The van der Waals surface area contributed by atoms with Crippen LogP contribution in [-0.2, 0) is 15.7 Å². The Morgan fingerprint density at radius 3 is 2.47 bits per heavy atom. The normalized spacial score (nSPS) is 27.6. The topological polar surface area (TPSA) is 70.9 Å². The van der Waals surface area contributed by atoms with Crippen LogP contribution in [0.2, 0.25) is 0 Å². The molecule has 3 heterocycles. The molecule has 0 spiro atoms. The van der Waals surface area contributed by atoms with Crippen LogP contribution in [0.25, 0.3) is 5.57 Å². The molecular formula is C32H36ClF4N5O3. The van der Waals surface area contributed by atoms with Crippen LogP contribution in [0.3, 0.4) is 0 Å². The predicted molar refractivity (Wildman–Crippen MR) is 160 cm³/mol. The summed E-state index contributed by atoms with van der Waals surface area (Å²) in [5, 5.41) is 4.06. The quantitative estimate of drug-likeness (QED) is 0.170. The monoisotopic (exact) mass is 649 g/mol. The van der Waals surface area contributed by atoms with Gasteiger partial charge >= 0.3 is 12.1 Å². The van der Waals surface area contributed by atoms with Crippen molar-refractivity contribution in [2.24, 2.45) is 5.92 Å². The Hall–Kier alpha value is -3.38. The number of alkyl halides is 5. The first-order valence-electron chi connectivity index (χ1n) is 15.4. The van der Waals surface area contributed by atoms with Gasteiger partial charge in [-0.1, -0.05) is 48.0 Å². The first-order valence-corrected chi connectivity index (χ1v) is 15.8. The number of aromatic nitrogens is 2. The maximum absolute atomic E-state index is 14.3. The summed E-state index contributed by atoms with van der Waals surface area (Å²) in [6.07, 6.45) is 0.790. The average molecular weight is 650 g/mol. The number of nitrogens with zero attached hydrogens (tertiary/aromatic N) is 5. The molecule has 1 aromatic heterocycles. The number of amides is 1. The van der Waals surface area contributed by atoms with Crippen LogP contribution in [-0.4, -0.2) is 93.4 Å². The van der Waals surface area contributed by atoms with Gasteiger partial charge < -0.3 is 14.5 Å². The number of esters is 1. The fraction of sp³-hybridized carbons (Fsp3) is 0.531. The number of hydrogen-bond acceptors (Lipinski definition) is 6. The maximum Gasteiger partial charge on any atom is 0.433 e. The molecule has 45 heavy (non-hydrogen) atoms. The van der Waals surface area contributed by atoms with Gasteiger partial charge in [0, 0.05) is 57.0 Å². The van der Waals surface area contributed by atoms with Gasteiger partial charge in [0.05, 0.1) is 24.8 Å². The van der Waals surface area contributed by atoms with Gasteiger partial charge in [-0.3, -0.25) is 14.4 Å². The van der Waals surface area contributed by atoms with E-state index in [0.717, 1.165) is 27.7 Å². The highest BCUT2D eigenvalue weighted by molar-refractivity contribution is 6.25. The van der Waals surface area contributed by atoms with Crippen molar-refractivity contribution in [2.75, 3.05) is 45.9 Å². The number of rotatable bonds is 7. The maximum atomic E-state index is 14.3. The molecular weight excluding hydrogens is 614 g/mol. The lowest BCUT2D eigenvalue weighted by Crippen LogP contribution is -2.56. The highest BCUT2D eigenvalue weighted by Gasteiger charge is 2.48. The Bertz CT molecular complexity index is 1490. The molecule has 4 aliphatic rings. The molecule has 2 aliphatic carbocycles. The highest BCUT2D eigenvalue weighted by Crippen LogP contribution is 2.43. The molecule has 6 rings (SSSR count). The van der Waals surface area contributed by atoms with E-state index >= 15 is 0 Å². The van der Waals surface area contributed by atoms with Crippen molar-refractivity contribution in [1.82, 2.24) is 24.5 Å². The third kappa shape index (κ3) is 6.36. The lowest BCUT2D eigenvalue weighted by Gasteiger charge is -2.47. The van der Waals surface area contributed by atoms with Gasteiger partial charge in [0.1, 0.15) is 16.7 Å². The number of carbonyl (C=O) groups is 2. The van der Waals surface area contributed by atoms with Gasteiger partial charge in [0.2, 0.25) is 5.91 Å². The lowest BCUT2D eigenvalue weighted by molar-refractivity contribution is -0.146. The van der Waals surface area contributed by atoms with E-state index in [1.165, 1.54) is 6.92 Å². The fourth-order valence-electron chi connectivity index (χ4n) is 6.71. The highest BCUT2D eigenvalue weighted by atomic mass is 35.5. The van der Waals surface area contributed by atoms with E-state index in [0.29, 0.717) is 58.4 Å². The van der Waals surface area contributed by atoms with Crippen LogP contribution in [0.5, 0.6) is 0 Å².